The van der Waals surface area contributed by atoms with E-state index in [4.69, 9.17) is 20.2 Å². The number of nitrogens with zero attached hydrogens (tertiary/aromatic N) is 2. The minimum atomic E-state index is -4.43. The van der Waals surface area contributed by atoms with Gasteiger partial charge in [0.15, 0.2) is 9.84 Å². The number of aliphatic hydroxyl groups excluding tert-OH is 1. The molecule has 1 unspecified atom stereocenters. The second kappa shape index (κ2) is 13.5. The molecule has 2 aliphatic rings. The Hall–Kier alpha value is -3.52. The molecule has 9 nitrogen and oxygen atoms in total. The number of nitrogens with two attached hydrogens (primary N) is 1. The molecule has 5 rings (SSSR count). The summed E-state index contributed by atoms with van der Waals surface area (Å²) in [7, 11) is -3.44. The number of rotatable bonds is 11. The van der Waals surface area contributed by atoms with Crippen LogP contribution in [0.1, 0.15) is 64.3 Å². The molecule has 242 valence electrons. The molecule has 0 radical (unpaired) electrons. The van der Waals surface area contributed by atoms with Crippen molar-refractivity contribution in [2.75, 3.05) is 43.6 Å². The third-order valence-corrected chi connectivity index (χ3v) is 10.3. The summed E-state index contributed by atoms with van der Waals surface area (Å²) in [4.78, 5) is 19.5. The summed E-state index contributed by atoms with van der Waals surface area (Å²) in [6.45, 7) is 2.97. The number of sulfone groups is 1. The van der Waals surface area contributed by atoms with E-state index in [1.54, 1.807) is 31.2 Å². The van der Waals surface area contributed by atoms with Gasteiger partial charge >= 0.3 is 6.18 Å². The Balaban J connectivity index is 1.48. The summed E-state index contributed by atoms with van der Waals surface area (Å²) in [5.41, 5.74) is 6.63. The monoisotopic (exact) mass is 647 g/mol. The first-order chi connectivity index (χ1) is 21.4. The summed E-state index contributed by atoms with van der Waals surface area (Å²) < 4.78 is 75.8. The Bertz CT molecular complexity index is 1590. The van der Waals surface area contributed by atoms with Gasteiger partial charge in [-0.05, 0) is 60.4 Å². The number of aromatic nitrogens is 1. The van der Waals surface area contributed by atoms with Crippen molar-refractivity contribution in [3.05, 3.63) is 88.6 Å². The molecule has 3 heterocycles. The lowest BCUT2D eigenvalue weighted by molar-refractivity contribution is -0.137. The number of benzene rings is 2. The molecule has 2 saturated heterocycles. The molecule has 0 saturated carbocycles. The summed E-state index contributed by atoms with van der Waals surface area (Å²) in [6, 6.07) is 14.3. The lowest BCUT2D eigenvalue weighted by atomic mass is 9.92. The highest BCUT2D eigenvalue weighted by Gasteiger charge is 2.37. The molecule has 2 fully saturated rings. The molecule has 0 bridgehead atoms. The molecular weight excluding hydrogens is 611 g/mol. The van der Waals surface area contributed by atoms with Gasteiger partial charge in [-0.25, -0.2) is 13.4 Å². The highest BCUT2D eigenvalue weighted by Crippen LogP contribution is 2.38. The maximum absolute atomic E-state index is 13.2. The Labute approximate surface area is 260 Å². The van der Waals surface area contributed by atoms with E-state index in [9.17, 15) is 31.5 Å². The third kappa shape index (κ3) is 7.32. The molecule has 45 heavy (non-hydrogen) atoms. The van der Waals surface area contributed by atoms with Crippen molar-refractivity contribution in [2.24, 2.45) is 5.73 Å². The number of aliphatic hydroxyl groups is 1. The lowest BCUT2D eigenvalue weighted by Gasteiger charge is -2.28. The van der Waals surface area contributed by atoms with E-state index in [1.165, 1.54) is 24.3 Å². The molecule has 3 aromatic rings. The van der Waals surface area contributed by atoms with Crippen molar-refractivity contribution in [3.63, 3.8) is 0 Å². The number of carbonyl (C=O) groups excluding carboxylic acids is 1. The van der Waals surface area contributed by atoms with Gasteiger partial charge in [0.2, 0.25) is 0 Å². The fraction of sp³-hybridized carbons (Fsp3) is 0.438. The fourth-order valence-electron chi connectivity index (χ4n) is 5.95. The lowest BCUT2D eigenvalue weighted by Crippen LogP contribution is -2.36. The van der Waals surface area contributed by atoms with Gasteiger partial charge in [0.1, 0.15) is 5.82 Å². The number of pyridine rings is 1. The minimum absolute atomic E-state index is 0.0593. The highest BCUT2D eigenvalue weighted by molar-refractivity contribution is 7.91. The first kappa shape index (κ1) is 32.9. The van der Waals surface area contributed by atoms with E-state index in [-0.39, 0.29) is 40.0 Å². The summed E-state index contributed by atoms with van der Waals surface area (Å²) >= 11 is 0. The standard InChI is InChI=1S/C32H36F3N3O6S/c1-2-45(41,42)26-9-5-21(6-10-26)28(17-39)30-27(31(36)40)11-12-29(37-30)38-16-22(15-24(38)18-44-25-13-14-43-19-25)20-3-7-23(8-4-20)32(33,34)35/h3-12,22,24-25,28,39H,2,13-19H2,1H3,(H2,36,40)/t22?,24-,25-,28+/m0/s1. The molecule has 1 amide bonds. The van der Waals surface area contributed by atoms with Gasteiger partial charge in [0.25, 0.3) is 5.91 Å². The highest BCUT2D eigenvalue weighted by atomic mass is 32.2. The first-order valence-electron chi connectivity index (χ1n) is 14.8. The molecule has 3 N–H and O–H groups in total. The van der Waals surface area contributed by atoms with Crippen molar-refractivity contribution in [1.29, 1.82) is 0 Å². The van der Waals surface area contributed by atoms with Crippen molar-refractivity contribution in [1.82, 2.24) is 4.98 Å². The number of hydrogen-bond acceptors (Lipinski definition) is 8. The fourth-order valence-corrected chi connectivity index (χ4v) is 6.84. The van der Waals surface area contributed by atoms with E-state index >= 15 is 0 Å². The van der Waals surface area contributed by atoms with E-state index in [0.717, 1.165) is 24.1 Å². The zero-order valence-corrected chi connectivity index (χ0v) is 25.6. The van der Waals surface area contributed by atoms with Gasteiger partial charge in [0, 0.05) is 19.1 Å². The molecule has 0 spiro atoms. The largest absolute Gasteiger partial charge is 0.416 e. The number of primary amides is 1. The Morgan fingerprint density at radius 2 is 1.84 bits per heavy atom. The molecule has 0 aliphatic carbocycles. The Morgan fingerprint density at radius 3 is 2.42 bits per heavy atom. The van der Waals surface area contributed by atoms with Crippen LogP contribution in [0.2, 0.25) is 0 Å². The molecular formula is C32H36F3N3O6S. The number of carbonyl (C=O) groups is 1. The maximum Gasteiger partial charge on any atom is 0.416 e. The van der Waals surface area contributed by atoms with Crippen LogP contribution >= 0.6 is 0 Å². The third-order valence-electron chi connectivity index (χ3n) is 8.54. The zero-order chi connectivity index (χ0) is 32.4. The van der Waals surface area contributed by atoms with E-state index in [1.807, 2.05) is 4.90 Å². The van der Waals surface area contributed by atoms with Crippen LogP contribution in [0.3, 0.4) is 0 Å². The van der Waals surface area contributed by atoms with Crippen molar-refractivity contribution < 1.29 is 41.0 Å². The van der Waals surface area contributed by atoms with Gasteiger partial charge in [-0.1, -0.05) is 31.2 Å². The summed E-state index contributed by atoms with van der Waals surface area (Å²) in [5, 5.41) is 10.5. The second-order valence-electron chi connectivity index (χ2n) is 11.4. The number of alkyl halides is 3. The SMILES string of the molecule is CCS(=O)(=O)c1ccc([C@@H](CO)c2nc(N3CC(c4ccc(C(F)(F)F)cc4)C[C@H]3CO[C@H]3CCOC3)ccc2C(N)=O)cc1. The Morgan fingerprint density at radius 1 is 1.13 bits per heavy atom. The van der Waals surface area contributed by atoms with Gasteiger partial charge in [-0.2, -0.15) is 13.2 Å². The van der Waals surface area contributed by atoms with Crippen LogP contribution in [0.4, 0.5) is 19.0 Å². The topological polar surface area (TPSA) is 132 Å². The van der Waals surface area contributed by atoms with Gasteiger partial charge in [-0.15, -0.1) is 0 Å². The van der Waals surface area contributed by atoms with Crippen LogP contribution in [-0.4, -0.2) is 75.3 Å². The van der Waals surface area contributed by atoms with Crippen LogP contribution in [0.5, 0.6) is 0 Å². The van der Waals surface area contributed by atoms with Crippen LogP contribution < -0.4 is 10.6 Å². The average Bonchev–Trinajstić information content (AvgIpc) is 3.71. The molecule has 2 aromatic carbocycles. The normalized spacial score (nSPS) is 21.3. The molecule has 13 heteroatoms. The molecule has 2 aliphatic heterocycles. The minimum Gasteiger partial charge on any atom is -0.395 e. The van der Waals surface area contributed by atoms with Crippen molar-refractivity contribution in [2.45, 2.75) is 54.8 Å². The first-order valence-corrected chi connectivity index (χ1v) is 16.4. The van der Waals surface area contributed by atoms with Crippen molar-refractivity contribution in [3.8, 4) is 0 Å². The van der Waals surface area contributed by atoms with Crippen molar-refractivity contribution >= 4 is 21.6 Å². The second-order valence-corrected chi connectivity index (χ2v) is 13.6. The number of anilines is 1. The quantitative estimate of drug-likeness (QED) is 0.315. The molecule has 1 aromatic heterocycles. The maximum atomic E-state index is 13.2. The van der Waals surface area contributed by atoms with Gasteiger partial charge in [0.05, 0.1) is 65.4 Å². The van der Waals surface area contributed by atoms with E-state index in [2.05, 4.69) is 0 Å². The number of ether oxygens (including phenoxy) is 2. The van der Waals surface area contributed by atoms with Crippen LogP contribution in [0.15, 0.2) is 65.6 Å². The van der Waals surface area contributed by atoms with E-state index in [0.29, 0.717) is 44.2 Å². The predicted octanol–water partition coefficient (Wildman–Crippen LogP) is 4.29. The van der Waals surface area contributed by atoms with E-state index < -0.39 is 40.0 Å². The summed E-state index contributed by atoms with van der Waals surface area (Å²) in [6.07, 6.45) is -3.14. The number of halogens is 3. The molecule has 4 atom stereocenters. The smallest absolute Gasteiger partial charge is 0.395 e. The van der Waals surface area contributed by atoms with Crippen LogP contribution in [0, 0.1) is 0 Å². The Kier molecular flexibility index (Phi) is 9.83. The van der Waals surface area contributed by atoms with Crippen LogP contribution in [0.25, 0.3) is 0 Å². The average molecular weight is 648 g/mol. The van der Waals surface area contributed by atoms with Gasteiger partial charge < -0.3 is 25.2 Å². The number of amides is 1. The predicted molar refractivity (Wildman–Crippen MR) is 161 cm³/mol. The zero-order valence-electron chi connectivity index (χ0n) is 24.7. The van der Waals surface area contributed by atoms with Gasteiger partial charge in [-0.3, -0.25) is 4.79 Å². The summed E-state index contributed by atoms with van der Waals surface area (Å²) in [5.74, 6) is -1.22. The number of hydrogen-bond donors (Lipinski definition) is 2. The van der Waals surface area contributed by atoms with Crippen LogP contribution in [-0.2, 0) is 25.5 Å².